The van der Waals surface area contributed by atoms with E-state index in [1.54, 1.807) is 13.1 Å². The summed E-state index contributed by atoms with van der Waals surface area (Å²) in [5, 5.41) is 3.10. The van der Waals surface area contributed by atoms with E-state index in [0.29, 0.717) is 17.1 Å². The van der Waals surface area contributed by atoms with E-state index in [1.807, 2.05) is 30.3 Å². The second-order valence-electron chi connectivity index (χ2n) is 4.70. The van der Waals surface area contributed by atoms with Gasteiger partial charge in [0.05, 0.1) is 6.54 Å². The predicted molar refractivity (Wildman–Crippen MR) is 81.6 cm³/mol. The quantitative estimate of drug-likeness (QED) is 0.915. The summed E-state index contributed by atoms with van der Waals surface area (Å²) in [6.07, 6.45) is 0. The first-order valence-electron chi connectivity index (χ1n) is 6.53. The van der Waals surface area contributed by atoms with Crippen LogP contribution in [0.2, 0.25) is 5.02 Å². The first-order valence-corrected chi connectivity index (χ1v) is 6.91. The number of amides is 2. The highest BCUT2D eigenvalue weighted by Gasteiger charge is 2.13. The molecule has 0 aliphatic carbocycles. The Balaban J connectivity index is 1.94. The Bertz CT molecular complexity index is 599. The summed E-state index contributed by atoms with van der Waals surface area (Å²) < 4.78 is 13.7. The van der Waals surface area contributed by atoms with Gasteiger partial charge in [-0.1, -0.05) is 48.0 Å². The maximum absolute atomic E-state index is 13.7. The zero-order chi connectivity index (χ0) is 15.2. The van der Waals surface area contributed by atoms with Crippen molar-refractivity contribution >= 4 is 17.6 Å². The van der Waals surface area contributed by atoms with Crippen LogP contribution in [-0.4, -0.2) is 18.0 Å². The highest BCUT2D eigenvalue weighted by atomic mass is 35.5. The predicted octanol–water partition coefficient (Wildman–Crippen LogP) is 3.82. The molecule has 0 aliphatic heterocycles. The van der Waals surface area contributed by atoms with Crippen molar-refractivity contribution < 1.29 is 9.18 Å². The Morgan fingerprint density at radius 2 is 1.90 bits per heavy atom. The maximum Gasteiger partial charge on any atom is 0.317 e. The average molecular weight is 307 g/mol. The Kier molecular flexibility index (Phi) is 5.17. The third-order valence-electron chi connectivity index (χ3n) is 3.09. The standard InChI is InChI=1S/C16H16ClFN2O/c1-20(11-13-14(17)8-5-9-15(13)18)16(21)19-10-12-6-3-2-4-7-12/h2-9H,10-11H2,1H3,(H,19,21). The van der Waals surface area contributed by atoms with Gasteiger partial charge in [0.15, 0.2) is 0 Å². The van der Waals surface area contributed by atoms with E-state index in [9.17, 15) is 9.18 Å². The lowest BCUT2D eigenvalue weighted by atomic mass is 10.2. The van der Waals surface area contributed by atoms with Crippen LogP contribution in [0.25, 0.3) is 0 Å². The molecule has 0 aliphatic rings. The molecule has 21 heavy (non-hydrogen) atoms. The van der Waals surface area contributed by atoms with Crippen molar-refractivity contribution in [3.8, 4) is 0 Å². The zero-order valence-electron chi connectivity index (χ0n) is 11.6. The summed E-state index contributed by atoms with van der Waals surface area (Å²) in [4.78, 5) is 13.4. The molecule has 3 nitrogen and oxygen atoms in total. The van der Waals surface area contributed by atoms with E-state index in [1.165, 1.54) is 17.0 Å². The van der Waals surface area contributed by atoms with Gasteiger partial charge in [0.2, 0.25) is 0 Å². The highest BCUT2D eigenvalue weighted by molar-refractivity contribution is 6.31. The molecule has 110 valence electrons. The van der Waals surface area contributed by atoms with Crippen LogP contribution in [-0.2, 0) is 13.1 Å². The van der Waals surface area contributed by atoms with Gasteiger partial charge < -0.3 is 10.2 Å². The zero-order valence-corrected chi connectivity index (χ0v) is 12.4. The molecule has 5 heteroatoms. The summed E-state index contributed by atoms with van der Waals surface area (Å²) in [5.41, 5.74) is 1.32. The molecule has 1 N–H and O–H groups in total. The van der Waals surface area contributed by atoms with Gasteiger partial charge in [-0.05, 0) is 17.7 Å². The van der Waals surface area contributed by atoms with Crippen LogP contribution < -0.4 is 5.32 Å². The first-order chi connectivity index (χ1) is 10.1. The van der Waals surface area contributed by atoms with Crippen LogP contribution in [0, 0.1) is 5.82 Å². The molecular formula is C16H16ClFN2O. The first kappa shape index (κ1) is 15.3. The third-order valence-corrected chi connectivity index (χ3v) is 3.44. The van der Waals surface area contributed by atoms with Crippen molar-refractivity contribution in [2.45, 2.75) is 13.1 Å². The fourth-order valence-electron chi connectivity index (χ4n) is 1.90. The topological polar surface area (TPSA) is 32.3 Å². The molecule has 0 fully saturated rings. The van der Waals surface area contributed by atoms with Crippen molar-refractivity contribution in [1.82, 2.24) is 10.2 Å². The van der Waals surface area contributed by atoms with Crippen molar-refractivity contribution in [3.05, 3.63) is 70.5 Å². The Morgan fingerprint density at radius 1 is 1.19 bits per heavy atom. The van der Waals surface area contributed by atoms with Gasteiger partial charge in [0, 0.05) is 24.2 Å². The van der Waals surface area contributed by atoms with Gasteiger partial charge in [0.25, 0.3) is 0 Å². The second-order valence-corrected chi connectivity index (χ2v) is 5.11. The van der Waals surface area contributed by atoms with Crippen molar-refractivity contribution in [1.29, 1.82) is 0 Å². The average Bonchev–Trinajstić information content (AvgIpc) is 2.49. The van der Waals surface area contributed by atoms with Gasteiger partial charge in [-0.15, -0.1) is 0 Å². The van der Waals surface area contributed by atoms with E-state index >= 15 is 0 Å². The number of benzene rings is 2. The van der Waals surface area contributed by atoms with Crippen LogP contribution in [0.3, 0.4) is 0 Å². The fraction of sp³-hybridized carbons (Fsp3) is 0.188. The minimum atomic E-state index is -0.412. The van der Waals surface area contributed by atoms with Crippen LogP contribution in [0.1, 0.15) is 11.1 Å². The van der Waals surface area contributed by atoms with Crippen LogP contribution >= 0.6 is 11.6 Å². The Labute approximate surface area is 128 Å². The normalized spacial score (nSPS) is 10.2. The second kappa shape index (κ2) is 7.09. The molecule has 0 atom stereocenters. The van der Waals surface area contributed by atoms with Crippen molar-refractivity contribution in [2.24, 2.45) is 0 Å². The molecule has 0 heterocycles. The third kappa shape index (κ3) is 4.20. The molecule has 0 saturated heterocycles. The van der Waals surface area contributed by atoms with E-state index in [2.05, 4.69) is 5.32 Å². The van der Waals surface area contributed by atoms with Gasteiger partial charge >= 0.3 is 6.03 Å². The van der Waals surface area contributed by atoms with Gasteiger partial charge in [-0.3, -0.25) is 0 Å². The lowest BCUT2D eigenvalue weighted by Gasteiger charge is -2.19. The number of nitrogens with one attached hydrogen (secondary N) is 1. The van der Waals surface area contributed by atoms with E-state index in [-0.39, 0.29) is 12.6 Å². The molecule has 0 aromatic heterocycles. The minimum absolute atomic E-state index is 0.117. The summed E-state index contributed by atoms with van der Waals surface area (Å²) in [6.45, 7) is 0.543. The number of rotatable bonds is 4. The number of halogens is 2. The largest absolute Gasteiger partial charge is 0.334 e. The van der Waals surface area contributed by atoms with Crippen LogP contribution in [0.5, 0.6) is 0 Å². The minimum Gasteiger partial charge on any atom is -0.334 e. The number of carbonyl (C=O) groups is 1. The number of carbonyl (C=O) groups excluding carboxylic acids is 1. The van der Waals surface area contributed by atoms with E-state index in [0.717, 1.165) is 5.56 Å². The number of urea groups is 1. The van der Waals surface area contributed by atoms with Gasteiger partial charge in [-0.25, -0.2) is 9.18 Å². The van der Waals surface area contributed by atoms with Crippen LogP contribution in [0.4, 0.5) is 9.18 Å². The molecule has 0 saturated carbocycles. The summed E-state index contributed by atoms with van der Waals surface area (Å²) >= 11 is 5.95. The van der Waals surface area contributed by atoms with Crippen molar-refractivity contribution in [2.75, 3.05) is 7.05 Å². The van der Waals surface area contributed by atoms with E-state index in [4.69, 9.17) is 11.6 Å². The number of hydrogen-bond acceptors (Lipinski definition) is 1. The molecule has 0 bridgehead atoms. The molecule has 0 radical (unpaired) electrons. The smallest absolute Gasteiger partial charge is 0.317 e. The monoisotopic (exact) mass is 306 g/mol. The van der Waals surface area contributed by atoms with Gasteiger partial charge in [-0.2, -0.15) is 0 Å². The van der Waals surface area contributed by atoms with Crippen LogP contribution in [0.15, 0.2) is 48.5 Å². The molecule has 2 amide bonds. The fourth-order valence-corrected chi connectivity index (χ4v) is 2.12. The highest BCUT2D eigenvalue weighted by Crippen LogP contribution is 2.20. The van der Waals surface area contributed by atoms with E-state index < -0.39 is 5.82 Å². The molecule has 2 aromatic rings. The summed E-state index contributed by atoms with van der Waals surface area (Å²) in [5.74, 6) is -0.412. The molecule has 2 rings (SSSR count). The number of hydrogen-bond donors (Lipinski definition) is 1. The Morgan fingerprint density at radius 3 is 2.57 bits per heavy atom. The van der Waals surface area contributed by atoms with Crippen molar-refractivity contribution in [3.63, 3.8) is 0 Å². The molecule has 0 unspecified atom stereocenters. The molecular weight excluding hydrogens is 291 g/mol. The lowest BCUT2D eigenvalue weighted by molar-refractivity contribution is 0.206. The summed E-state index contributed by atoms with van der Waals surface area (Å²) in [7, 11) is 1.60. The number of nitrogens with zero attached hydrogens (tertiary/aromatic N) is 1. The van der Waals surface area contributed by atoms with Gasteiger partial charge in [0.1, 0.15) is 5.82 Å². The maximum atomic E-state index is 13.7. The summed E-state index contributed by atoms with van der Waals surface area (Å²) in [6, 6.07) is 13.8. The Hall–Kier alpha value is -2.07. The molecule has 0 spiro atoms. The lowest BCUT2D eigenvalue weighted by Crippen LogP contribution is -2.36. The SMILES string of the molecule is CN(Cc1c(F)cccc1Cl)C(=O)NCc1ccccc1. The molecule has 2 aromatic carbocycles.